The summed E-state index contributed by atoms with van der Waals surface area (Å²) < 4.78 is 18.7. The molecule has 2 rings (SSSR count). The predicted octanol–water partition coefficient (Wildman–Crippen LogP) is 2.46. The van der Waals surface area contributed by atoms with Gasteiger partial charge in [-0.05, 0) is 18.7 Å². The molecule has 0 bridgehead atoms. The van der Waals surface area contributed by atoms with Gasteiger partial charge in [-0.15, -0.1) is 11.3 Å². The highest BCUT2D eigenvalue weighted by molar-refractivity contribution is 7.13. The molecule has 1 aromatic heterocycles. The predicted molar refractivity (Wildman–Crippen MR) is 66.8 cm³/mol. The van der Waals surface area contributed by atoms with E-state index in [2.05, 4.69) is 4.98 Å². The Balaban J connectivity index is 2.32. The van der Waals surface area contributed by atoms with Crippen molar-refractivity contribution >= 4 is 11.3 Å². The highest BCUT2D eigenvalue weighted by Crippen LogP contribution is 2.28. The van der Waals surface area contributed by atoms with E-state index >= 15 is 0 Å². The zero-order valence-corrected chi connectivity index (χ0v) is 10.3. The molecule has 0 aliphatic heterocycles. The lowest BCUT2D eigenvalue weighted by Crippen LogP contribution is -2.02. The Morgan fingerprint density at radius 3 is 2.94 bits per heavy atom. The Bertz CT molecular complexity index is 513. The Labute approximate surface area is 103 Å². The second-order valence-electron chi connectivity index (χ2n) is 3.53. The molecule has 1 aromatic carbocycles. The van der Waals surface area contributed by atoms with Crippen LogP contribution in [0.25, 0.3) is 10.6 Å². The third-order valence-corrected chi connectivity index (χ3v) is 3.28. The van der Waals surface area contributed by atoms with E-state index in [0.29, 0.717) is 29.3 Å². The molecule has 0 amide bonds. The second-order valence-corrected chi connectivity index (χ2v) is 4.39. The number of hydrogen-bond donors (Lipinski definition) is 1. The van der Waals surface area contributed by atoms with Gasteiger partial charge < -0.3 is 10.5 Å². The lowest BCUT2D eigenvalue weighted by Gasteiger charge is -2.02. The summed E-state index contributed by atoms with van der Waals surface area (Å²) in [5.41, 5.74) is 6.85. The largest absolute Gasteiger partial charge is 0.497 e. The first kappa shape index (κ1) is 12.0. The van der Waals surface area contributed by atoms with Crippen molar-refractivity contribution in [2.45, 2.75) is 6.42 Å². The fraction of sp³-hybridized carbons (Fsp3) is 0.250. The zero-order valence-electron chi connectivity index (χ0n) is 9.44. The first-order chi connectivity index (χ1) is 8.24. The van der Waals surface area contributed by atoms with E-state index in [1.807, 2.05) is 5.38 Å². The summed E-state index contributed by atoms with van der Waals surface area (Å²) in [5.74, 6) is 0.183. The van der Waals surface area contributed by atoms with Crippen LogP contribution in [0.4, 0.5) is 4.39 Å². The molecule has 5 heteroatoms. The summed E-state index contributed by atoms with van der Waals surface area (Å²) >= 11 is 1.42. The number of methoxy groups -OCH3 is 1. The van der Waals surface area contributed by atoms with Crippen LogP contribution >= 0.6 is 11.3 Å². The van der Waals surface area contributed by atoms with Crippen LogP contribution in [-0.2, 0) is 6.42 Å². The monoisotopic (exact) mass is 252 g/mol. The van der Waals surface area contributed by atoms with Gasteiger partial charge in [0, 0.05) is 23.4 Å². The van der Waals surface area contributed by atoms with Gasteiger partial charge in [0.05, 0.1) is 12.8 Å². The van der Waals surface area contributed by atoms with E-state index in [9.17, 15) is 4.39 Å². The fourth-order valence-electron chi connectivity index (χ4n) is 1.49. The molecular formula is C12H13FN2OS. The van der Waals surface area contributed by atoms with Crippen molar-refractivity contribution in [3.05, 3.63) is 35.1 Å². The van der Waals surface area contributed by atoms with Gasteiger partial charge in [-0.25, -0.2) is 9.37 Å². The minimum Gasteiger partial charge on any atom is -0.497 e. The molecule has 90 valence electrons. The van der Waals surface area contributed by atoms with Gasteiger partial charge in [0.15, 0.2) is 0 Å². The summed E-state index contributed by atoms with van der Waals surface area (Å²) in [4.78, 5) is 4.34. The fourth-order valence-corrected chi connectivity index (χ4v) is 2.37. The minimum atomic E-state index is -0.321. The lowest BCUT2D eigenvalue weighted by atomic mass is 10.2. The molecule has 3 nitrogen and oxygen atoms in total. The summed E-state index contributed by atoms with van der Waals surface area (Å²) in [7, 11) is 1.51. The molecule has 0 unspecified atom stereocenters. The van der Waals surface area contributed by atoms with Gasteiger partial charge in [0.2, 0.25) is 0 Å². The molecule has 0 atom stereocenters. The van der Waals surface area contributed by atoms with Crippen molar-refractivity contribution in [2.24, 2.45) is 5.73 Å². The third-order valence-electron chi connectivity index (χ3n) is 2.36. The number of halogens is 1. The molecule has 0 aliphatic carbocycles. The van der Waals surface area contributed by atoms with E-state index < -0.39 is 0 Å². The molecule has 0 fully saturated rings. The van der Waals surface area contributed by atoms with E-state index in [0.717, 1.165) is 5.69 Å². The van der Waals surface area contributed by atoms with Gasteiger partial charge in [-0.2, -0.15) is 0 Å². The second kappa shape index (κ2) is 5.25. The zero-order chi connectivity index (χ0) is 12.3. The van der Waals surface area contributed by atoms with Crippen molar-refractivity contribution in [3.63, 3.8) is 0 Å². The molecule has 0 radical (unpaired) electrons. The van der Waals surface area contributed by atoms with Crippen LogP contribution in [0.2, 0.25) is 0 Å². The number of thiazole rings is 1. The average Bonchev–Trinajstić information content (AvgIpc) is 2.78. The number of nitrogens with two attached hydrogens (primary N) is 1. The first-order valence-corrected chi connectivity index (χ1v) is 6.11. The molecule has 1 heterocycles. The Kier molecular flexibility index (Phi) is 3.71. The summed E-state index contributed by atoms with van der Waals surface area (Å²) in [5, 5.41) is 2.58. The maximum atomic E-state index is 13.8. The van der Waals surface area contributed by atoms with Crippen LogP contribution in [0.1, 0.15) is 5.69 Å². The van der Waals surface area contributed by atoms with Crippen LogP contribution in [0.15, 0.2) is 23.6 Å². The third kappa shape index (κ3) is 2.62. The number of aromatic nitrogens is 1. The van der Waals surface area contributed by atoms with Gasteiger partial charge in [-0.1, -0.05) is 0 Å². The number of ether oxygens (including phenoxy) is 1. The van der Waals surface area contributed by atoms with Crippen LogP contribution in [-0.4, -0.2) is 18.6 Å². The molecule has 2 aromatic rings. The van der Waals surface area contributed by atoms with Gasteiger partial charge in [0.1, 0.15) is 16.6 Å². The minimum absolute atomic E-state index is 0.321. The molecular weight excluding hydrogens is 239 g/mol. The standard InChI is InChI=1S/C12H13FN2OS/c1-16-9-2-3-10(11(13)6-9)12-15-8(4-5-14)7-17-12/h2-3,6-7H,4-5,14H2,1H3. The number of rotatable bonds is 4. The maximum Gasteiger partial charge on any atom is 0.137 e. The molecule has 0 saturated carbocycles. The number of benzene rings is 1. The Hall–Kier alpha value is -1.46. The lowest BCUT2D eigenvalue weighted by molar-refractivity contribution is 0.411. The normalized spacial score (nSPS) is 10.5. The SMILES string of the molecule is COc1ccc(-c2nc(CCN)cs2)c(F)c1. The van der Waals surface area contributed by atoms with Crippen LogP contribution in [0.3, 0.4) is 0 Å². The van der Waals surface area contributed by atoms with Crippen LogP contribution in [0, 0.1) is 5.82 Å². The van der Waals surface area contributed by atoms with E-state index in [1.165, 1.54) is 24.5 Å². The smallest absolute Gasteiger partial charge is 0.137 e. The first-order valence-electron chi connectivity index (χ1n) is 5.23. The Morgan fingerprint density at radius 1 is 1.47 bits per heavy atom. The highest BCUT2D eigenvalue weighted by Gasteiger charge is 2.10. The van der Waals surface area contributed by atoms with Crippen molar-refractivity contribution in [3.8, 4) is 16.3 Å². The summed E-state index contributed by atoms with van der Waals surface area (Å²) in [6.07, 6.45) is 0.717. The quantitative estimate of drug-likeness (QED) is 0.909. The highest BCUT2D eigenvalue weighted by atomic mass is 32.1. The van der Waals surface area contributed by atoms with E-state index in [-0.39, 0.29) is 5.82 Å². The topological polar surface area (TPSA) is 48.1 Å². The van der Waals surface area contributed by atoms with Crippen molar-refractivity contribution < 1.29 is 9.13 Å². The van der Waals surface area contributed by atoms with Crippen LogP contribution < -0.4 is 10.5 Å². The van der Waals surface area contributed by atoms with E-state index in [1.54, 1.807) is 12.1 Å². The van der Waals surface area contributed by atoms with Crippen LogP contribution in [0.5, 0.6) is 5.75 Å². The van der Waals surface area contributed by atoms with Crippen molar-refractivity contribution in [2.75, 3.05) is 13.7 Å². The Morgan fingerprint density at radius 2 is 2.29 bits per heavy atom. The molecule has 2 N–H and O–H groups in total. The summed E-state index contributed by atoms with van der Waals surface area (Å²) in [6, 6.07) is 4.76. The van der Waals surface area contributed by atoms with Gasteiger partial charge >= 0.3 is 0 Å². The molecule has 0 saturated heterocycles. The molecule has 0 spiro atoms. The van der Waals surface area contributed by atoms with E-state index in [4.69, 9.17) is 10.5 Å². The molecule has 17 heavy (non-hydrogen) atoms. The van der Waals surface area contributed by atoms with Gasteiger partial charge in [-0.3, -0.25) is 0 Å². The average molecular weight is 252 g/mol. The van der Waals surface area contributed by atoms with Crippen molar-refractivity contribution in [1.29, 1.82) is 0 Å². The number of hydrogen-bond acceptors (Lipinski definition) is 4. The maximum absolute atomic E-state index is 13.8. The molecule has 0 aliphatic rings. The van der Waals surface area contributed by atoms with Crippen molar-refractivity contribution in [1.82, 2.24) is 4.98 Å². The van der Waals surface area contributed by atoms with Gasteiger partial charge in [0.25, 0.3) is 0 Å². The summed E-state index contributed by atoms with van der Waals surface area (Å²) in [6.45, 7) is 0.550. The number of nitrogens with zero attached hydrogens (tertiary/aromatic N) is 1.